The summed E-state index contributed by atoms with van der Waals surface area (Å²) in [5.41, 5.74) is 1.54. The Labute approximate surface area is 122 Å². The topological polar surface area (TPSA) is 87.1 Å². The maximum atomic E-state index is 10.8. The molecule has 7 heteroatoms. The SMILES string of the molecule is CN(CC1CCNCC1)c1nc2ccc([N+](=O)[O-])cc2[nH]1. The van der Waals surface area contributed by atoms with E-state index in [9.17, 15) is 10.1 Å². The molecule has 1 aromatic carbocycles. The van der Waals surface area contributed by atoms with Crippen molar-refractivity contribution in [2.75, 3.05) is 31.6 Å². The van der Waals surface area contributed by atoms with Gasteiger partial charge in [-0.25, -0.2) is 4.98 Å². The lowest BCUT2D eigenvalue weighted by Crippen LogP contribution is -2.34. The van der Waals surface area contributed by atoms with Crippen LogP contribution in [0.3, 0.4) is 0 Å². The number of anilines is 1. The Morgan fingerprint density at radius 1 is 1.43 bits per heavy atom. The summed E-state index contributed by atoms with van der Waals surface area (Å²) in [6.45, 7) is 3.10. The number of hydrogen-bond donors (Lipinski definition) is 2. The number of rotatable bonds is 4. The van der Waals surface area contributed by atoms with E-state index in [-0.39, 0.29) is 5.69 Å². The third-order valence-electron chi connectivity index (χ3n) is 4.02. The van der Waals surface area contributed by atoms with E-state index in [0.29, 0.717) is 11.4 Å². The van der Waals surface area contributed by atoms with Gasteiger partial charge < -0.3 is 15.2 Å². The first-order chi connectivity index (χ1) is 10.1. The molecule has 1 fully saturated rings. The first kappa shape index (κ1) is 13.8. The highest BCUT2D eigenvalue weighted by molar-refractivity contribution is 5.80. The maximum Gasteiger partial charge on any atom is 0.271 e. The van der Waals surface area contributed by atoms with Crippen LogP contribution in [0.25, 0.3) is 11.0 Å². The summed E-state index contributed by atoms with van der Waals surface area (Å²) in [4.78, 5) is 20.2. The summed E-state index contributed by atoms with van der Waals surface area (Å²) in [7, 11) is 2.01. The average molecular weight is 289 g/mol. The Bertz CT molecular complexity index is 648. The Morgan fingerprint density at radius 3 is 2.90 bits per heavy atom. The van der Waals surface area contributed by atoms with Crippen LogP contribution in [-0.4, -0.2) is 41.6 Å². The third kappa shape index (κ3) is 2.97. The van der Waals surface area contributed by atoms with Crippen LogP contribution in [0.5, 0.6) is 0 Å². The molecular formula is C14H19N5O2. The van der Waals surface area contributed by atoms with Crippen LogP contribution in [-0.2, 0) is 0 Å². The van der Waals surface area contributed by atoms with Gasteiger partial charge in [-0.3, -0.25) is 10.1 Å². The maximum absolute atomic E-state index is 10.8. The predicted octanol–water partition coefficient (Wildman–Crippen LogP) is 1.91. The van der Waals surface area contributed by atoms with E-state index >= 15 is 0 Å². The zero-order chi connectivity index (χ0) is 14.8. The fourth-order valence-corrected chi connectivity index (χ4v) is 2.82. The molecule has 2 aromatic rings. The van der Waals surface area contributed by atoms with Crippen molar-refractivity contribution in [2.45, 2.75) is 12.8 Å². The molecule has 0 aliphatic carbocycles. The van der Waals surface area contributed by atoms with Crippen LogP contribution in [0, 0.1) is 16.0 Å². The number of benzene rings is 1. The summed E-state index contributed by atoms with van der Waals surface area (Å²) in [6, 6.07) is 4.70. The monoisotopic (exact) mass is 289 g/mol. The Balaban J connectivity index is 1.78. The Morgan fingerprint density at radius 2 is 2.19 bits per heavy atom. The second-order valence-corrected chi connectivity index (χ2v) is 5.59. The number of imidazole rings is 1. The largest absolute Gasteiger partial charge is 0.345 e. The number of nitro benzene ring substituents is 1. The van der Waals surface area contributed by atoms with Gasteiger partial charge in [0.2, 0.25) is 5.95 Å². The van der Waals surface area contributed by atoms with Crippen molar-refractivity contribution in [3.05, 3.63) is 28.3 Å². The van der Waals surface area contributed by atoms with Crippen LogP contribution >= 0.6 is 0 Å². The molecule has 1 aliphatic rings. The lowest BCUT2D eigenvalue weighted by Gasteiger charge is -2.27. The molecule has 0 saturated carbocycles. The van der Waals surface area contributed by atoms with E-state index in [1.54, 1.807) is 6.07 Å². The van der Waals surface area contributed by atoms with Gasteiger partial charge >= 0.3 is 0 Å². The summed E-state index contributed by atoms with van der Waals surface area (Å²) < 4.78 is 0. The molecule has 1 aromatic heterocycles. The number of hydrogen-bond acceptors (Lipinski definition) is 5. The van der Waals surface area contributed by atoms with Crippen molar-refractivity contribution in [1.29, 1.82) is 0 Å². The van der Waals surface area contributed by atoms with Gasteiger partial charge in [-0.15, -0.1) is 0 Å². The van der Waals surface area contributed by atoms with Crippen LogP contribution in [0.15, 0.2) is 18.2 Å². The normalized spacial score (nSPS) is 16.2. The van der Waals surface area contributed by atoms with Crippen LogP contribution < -0.4 is 10.2 Å². The van der Waals surface area contributed by atoms with Gasteiger partial charge in [0.15, 0.2) is 0 Å². The number of non-ortho nitro benzene ring substituents is 1. The van der Waals surface area contributed by atoms with E-state index < -0.39 is 4.92 Å². The molecule has 21 heavy (non-hydrogen) atoms. The minimum Gasteiger partial charge on any atom is -0.345 e. The van der Waals surface area contributed by atoms with Gasteiger partial charge in [0.05, 0.1) is 16.0 Å². The lowest BCUT2D eigenvalue weighted by atomic mass is 9.98. The number of piperidine rings is 1. The van der Waals surface area contributed by atoms with E-state index in [2.05, 4.69) is 20.2 Å². The summed E-state index contributed by atoms with van der Waals surface area (Å²) in [5.74, 6) is 1.43. The van der Waals surface area contributed by atoms with Crippen molar-refractivity contribution >= 4 is 22.7 Å². The zero-order valence-corrected chi connectivity index (χ0v) is 12.0. The molecule has 0 bridgehead atoms. The summed E-state index contributed by atoms with van der Waals surface area (Å²) >= 11 is 0. The van der Waals surface area contributed by atoms with E-state index in [4.69, 9.17) is 0 Å². The van der Waals surface area contributed by atoms with Gasteiger partial charge in [-0.1, -0.05) is 0 Å². The van der Waals surface area contributed by atoms with Gasteiger partial charge in [0.1, 0.15) is 0 Å². The Hall–Kier alpha value is -2.15. The molecule has 2 N–H and O–H groups in total. The van der Waals surface area contributed by atoms with Crippen LogP contribution in [0.2, 0.25) is 0 Å². The van der Waals surface area contributed by atoms with E-state index in [1.165, 1.54) is 25.0 Å². The number of aromatic nitrogens is 2. The fraction of sp³-hybridized carbons (Fsp3) is 0.500. The van der Waals surface area contributed by atoms with Crippen molar-refractivity contribution in [1.82, 2.24) is 15.3 Å². The first-order valence-electron chi connectivity index (χ1n) is 7.19. The highest BCUT2D eigenvalue weighted by atomic mass is 16.6. The van der Waals surface area contributed by atoms with Crippen molar-refractivity contribution in [3.63, 3.8) is 0 Å². The average Bonchev–Trinajstić information content (AvgIpc) is 2.91. The standard InChI is InChI=1S/C14H19N5O2/c1-18(9-10-4-6-15-7-5-10)14-16-12-3-2-11(19(20)21)8-13(12)17-14/h2-3,8,10,15H,4-7,9H2,1H3,(H,16,17). The molecule has 1 aliphatic heterocycles. The minimum absolute atomic E-state index is 0.0821. The first-order valence-corrected chi connectivity index (χ1v) is 7.19. The fourth-order valence-electron chi connectivity index (χ4n) is 2.82. The van der Waals surface area contributed by atoms with E-state index in [1.807, 2.05) is 7.05 Å². The quantitative estimate of drug-likeness (QED) is 0.663. The molecule has 0 atom stereocenters. The summed E-state index contributed by atoms with van der Waals surface area (Å²) in [5, 5.41) is 14.2. The molecular weight excluding hydrogens is 270 g/mol. The highest BCUT2D eigenvalue weighted by Gasteiger charge is 2.17. The molecule has 0 spiro atoms. The van der Waals surface area contributed by atoms with E-state index in [0.717, 1.165) is 31.1 Å². The smallest absolute Gasteiger partial charge is 0.271 e. The minimum atomic E-state index is -0.390. The molecule has 112 valence electrons. The number of nitro groups is 1. The number of aromatic amines is 1. The lowest BCUT2D eigenvalue weighted by molar-refractivity contribution is -0.384. The molecule has 2 heterocycles. The molecule has 1 saturated heterocycles. The molecule has 0 radical (unpaired) electrons. The summed E-state index contributed by atoms with van der Waals surface area (Å²) in [6.07, 6.45) is 2.35. The van der Waals surface area contributed by atoms with Crippen LogP contribution in [0.4, 0.5) is 11.6 Å². The van der Waals surface area contributed by atoms with Crippen molar-refractivity contribution in [3.8, 4) is 0 Å². The van der Waals surface area contributed by atoms with Crippen molar-refractivity contribution < 1.29 is 4.92 Å². The van der Waals surface area contributed by atoms with Gasteiger partial charge in [-0.2, -0.15) is 0 Å². The van der Waals surface area contributed by atoms with Crippen molar-refractivity contribution in [2.24, 2.45) is 5.92 Å². The zero-order valence-electron chi connectivity index (χ0n) is 12.0. The molecule has 0 amide bonds. The van der Waals surface area contributed by atoms with Gasteiger partial charge in [0, 0.05) is 25.7 Å². The Kier molecular flexibility index (Phi) is 3.74. The molecule has 7 nitrogen and oxygen atoms in total. The molecule has 0 unspecified atom stereocenters. The predicted molar refractivity (Wildman–Crippen MR) is 81.6 cm³/mol. The number of nitrogens with zero attached hydrogens (tertiary/aromatic N) is 3. The second-order valence-electron chi connectivity index (χ2n) is 5.59. The van der Waals surface area contributed by atoms with Gasteiger partial charge in [0.25, 0.3) is 5.69 Å². The second kappa shape index (κ2) is 5.69. The molecule has 3 rings (SSSR count). The number of H-pyrrole nitrogens is 1. The third-order valence-corrected chi connectivity index (χ3v) is 4.02. The number of nitrogens with one attached hydrogen (secondary N) is 2. The highest BCUT2D eigenvalue weighted by Crippen LogP contribution is 2.23. The van der Waals surface area contributed by atoms with Crippen LogP contribution in [0.1, 0.15) is 12.8 Å². The van der Waals surface area contributed by atoms with Gasteiger partial charge in [-0.05, 0) is 37.9 Å². The number of fused-ring (bicyclic) bond motifs is 1.